The fraction of sp³-hybridized carbons (Fsp3) is 0.0769. The van der Waals surface area contributed by atoms with Crippen molar-refractivity contribution < 1.29 is 38.5 Å². The number of rotatable bonds is 3. The van der Waals surface area contributed by atoms with Crippen LogP contribution in [-0.2, 0) is 10.8 Å². The van der Waals surface area contributed by atoms with E-state index in [1.54, 1.807) is 25.3 Å². The second kappa shape index (κ2) is 6.97. The van der Waals surface area contributed by atoms with Crippen LogP contribution in [0.4, 0.5) is 0 Å². The largest absolute Gasteiger partial charge is 1.00 e. The van der Waals surface area contributed by atoms with E-state index in [0.717, 1.165) is 4.90 Å². The van der Waals surface area contributed by atoms with Gasteiger partial charge in [-0.3, -0.25) is 4.21 Å². The average molecular weight is 254 g/mol. The first-order valence-electron chi connectivity index (χ1n) is 4.84. The van der Waals surface area contributed by atoms with Gasteiger partial charge in [0.05, 0.1) is 17.9 Å². The molecule has 82 valence electrons. The monoisotopic (exact) mass is 254 g/mol. The van der Waals surface area contributed by atoms with Crippen molar-refractivity contribution >= 4 is 10.8 Å². The van der Waals surface area contributed by atoms with Crippen LogP contribution in [0.1, 0.15) is 0 Å². The van der Waals surface area contributed by atoms with E-state index in [2.05, 4.69) is 6.07 Å². The second-order valence-electron chi connectivity index (χ2n) is 3.16. The van der Waals surface area contributed by atoms with Gasteiger partial charge in [0.25, 0.3) is 0 Å². The smallest absolute Gasteiger partial charge is 0.553 e. The Kier molecular flexibility index (Phi) is 5.92. The maximum atomic E-state index is 12.2. The Morgan fingerprint density at radius 2 is 1.88 bits per heavy atom. The van der Waals surface area contributed by atoms with Crippen LogP contribution < -0.4 is 34.3 Å². The summed E-state index contributed by atoms with van der Waals surface area (Å²) in [5.74, 6) is 0.602. The first kappa shape index (κ1) is 14.5. The Morgan fingerprint density at radius 3 is 2.53 bits per heavy atom. The Bertz CT molecular complexity index is 500. The van der Waals surface area contributed by atoms with Crippen molar-refractivity contribution in [3.05, 3.63) is 54.6 Å². The molecule has 2 aromatic carbocycles. The predicted octanol–water partition coefficient (Wildman–Crippen LogP) is -0.334. The molecule has 2 aromatic rings. The summed E-state index contributed by atoms with van der Waals surface area (Å²) in [6, 6.07) is 17.4. The molecule has 0 saturated heterocycles. The molecular formula is C13H11NaO2S. The van der Waals surface area contributed by atoms with Crippen molar-refractivity contribution in [3.63, 3.8) is 0 Å². The SMILES string of the molecule is COc1c[c-]ccc1S(=O)c1ccccc1.[Na+]. The van der Waals surface area contributed by atoms with Gasteiger partial charge >= 0.3 is 29.6 Å². The van der Waals surface area contributed by atoms with Crippen LogP contribution in [0, 0.1) is 6.07 Å². The van der Waals surface area contributed by atoms with Crippen LogP contribution in [-0.4, -0.2) is 11.3 Å². The molecule has 0 amide bonds. The van der Waals surface area contributed by atoms with E-state index in [0.29, 0.717) is 10.6 Å². The summed E-state index contributed by atoms with van der Waals surface area (Å²) in [5.41, 5.74) is 0. The van der Waals surface area contributed by atoms with Crippen LogP contribution >= 0.6 is 0 Å². The Hall–Kier alpha value is -0.610. The molecule has 0 radical (unpaired) electrons. The number of ether oxygens (including phenoxy) is 1. The van der Waals surface area contributed by atoms with Crippen LogP contribution in [0.5, 0.6) is 5.75 Å². The number of methoxy groups -OCH3 is 1. The predicted molar refractivity (Wildman–Crippen MR) is 62.9 cm³/mol. The van der Waals surface area contributed by atoms with E-state index in [1.807, 2.05) is 30.3 Å². The van der Waals surface area contributed by atoms with Gasteiger partial charge in [0, 0.05) is 10.6 Å². The summed E-state index contributed by atoms with van der Waals surface area (Å²) in [4.78, 5) is 1.44. The van der Waals surface area contributed by atoms with E-state index in [-0.39, 0.29) is 29.6 Å². The molecular weight excluding hydrogens is 243 g/mol. The van der Waals surface area contributed by atoms with Crippen molar-refractivity contribution in [2.24, 2.45) is 0 Å². The third-order valence-corrected chi connectivity index (χ3v) is 3.60. The molecule has 0 aromatic heterocycles. The Labute approximate surface area is 126 Å². The van der Waals surface area contributed by atoms with Gasteiger partial charge in [-0.1, -0.05) is 18.2 Å². The van der Waals surface area contributed by atoms with Gasteiger partial charge < -0.3 is 4.74 Å². The quantitative estimate of drug-likeness (QED) is 0.553. The van der Waals surface area contributed by atoms with Crippen molar-refractivity contribution in [3.8, 4) is 5.75 Å². The zero-order chi connectivity index (χ0) is 11.4. The van der Waals surface area contributed by atoms with Crippen molar-refractivity contribution in [2.75, 3.05) is 7.11 Å². The molecule has 17 heavy (non-hydrogen) atoms. The molecule has 0 aliphatic heterocycles. The maximum Gasteiger partial charge on any atom is 1.00 e. The molecule has 0 aliphatic carbocycles. The van der Waals surface area contributed by atoms with E-state index in [9.17, 15) is 4.21 Å². The Balaban J connectivity index is 0.00000144. The standard InChI is InChI=1S/C13H11O2S.Na/c1-15-12-9-5-6-10-13(12)16(14)11-7-3-2-4-8-11;/h2-4,6-10H,1H3;/q-1;+1. The third kappa shape index (κ3) is 3.42. The molecule has 1 atom stereocenters. The zero-order valence-corrected chi connectivity index (χ0v) is 12.7. The van der Waals surface area contributed by atoms with Crippen LogP contribution in [0.3, 0.4) is 0 Å². The molecule has 0 bridgehead atoms. The molecule has 4 heteroatoms. The first-order chi connectivity index (χ1) is 7.83. The minimum Gasteiger partial charge on any atom is -0.553 e. The second-order valence-corrected chi connectivity index (χ2v) is 4.61. The molecule has 0 fully saturated rings. The van der Waals surface area contributed by atoms with Crippen molar-refractivity contribution in [1.29, 1.82) is 0 Å². The summed E-state index contributed by atoms with van der Waals surface area (Å²) in [6.07, 6.45) is 0. The van der Waals surface area contributed by atoms with E-state index in [1.165, 1.54) is 0 Å². The third-order valence-electron chi connectivity index (χ3n) is 2.17. The maximum absolute atomic E-state index is 12.2. The summed E-state index contributed by atoms with van der Waals surface area (Å²) < 4.78 is 17.4. The molecule has 0 heterocycles. The van der Waals surface area contributed by atoms with Gasteiger partial charge in [-0.15, -0.1) is 6.07 Å². The molecule has 0 spiro atoms. The summed E-state index contributed by atoms with van der Waals surface area (Å²) in [6.45, 7) is 0. The van der Waals surface area contributed by atoms with E-state index >= 15 is 0 Å². The fourth-order valence-electron chi connectivity index (χ4n) is 1.38. The number of hydrogen-bond acceptors (Lipinski definition) is 2. The van der Waals surface area contributed by atoms with E-state index in [4.69, 9.17) is 4.74 Å². The van der Waals surface area contributed by atoms with Crippen LogP contribution in [0.15, 0.2) is 58.3 Å². The molecule has 0 saturated carbocycles. The summed E-state index contributed by atoms with van der Waals surface area (Å²) in [7, 11) is 0.361. The first-order valence-corrected chi connectivity index (χ1v) is 5.99. The van der Waals surface area contributed by atoms with Gasteiger partial charge in [-0.2, -0.15) is 18.2 Å². The zero-order valence-electron chi connectivity index (χ0n) is 9.84. The van der Waals surface area contributed by atoms with Crippen LogP contribution in [0.25, 0.3) is 0 Å². The van der Waals surface area contributed by atoms with Gasteiger partial charge in [-0.25, -0.2) is 0 Å². The molecule has 2 rings (SSSR count). The van der Waals surface area contributed by atoms with Gasteiger partial charge in [0.2, 0.25) is 0 Å². The molecule has 0 N–H and O–H groups in total. The van der Waals surface area contributed by atoms with E-state index < -0.39 is 10.8 Å². The number of benzene rings is 2. The van der Waals surface area contributed by atoms with Crippen molar-refractivity contribution in [2.45, 2.75) is 9.79 Å². The average Bonchev–Trinajstić information content (AvgIpc) is 2.39. The fourth-order valence-corrected chi connectivity index (χ4v) is 2.56. The minimum atomic E-state index is -1.20. The summed E-state index contributed by atoms with van der Waals surface area (Å²) >= 11 is 0. The Morgan fingerprint density at radius 1 is 1.18 bits per heavy atom. The van der Waals surface area contributed by atoms with Crippen molar-refractivity contribution in [1.82, 2.24) is 0 Å². The normalized spacial score (nSPS) is 11.4. The van der Waals surface area contributed by atoms with Gasteiger partial charge in [0.1, 0.15) is 0 Å². The summed E-state index contributed by atoms with van der Waals surface area (Å²) in [5, 5.41) is 0. The molecule has 2 nitrogen and oxygen atoms in total. The molecule has 1 unspecified atom stereocenters. The molecule has 0 aliphatic rings. The van der Waals surface area contributed by atoms with Gasteiger partial charge in [-0.05, 0) is 17.0 Å². The van der Waals surface area contributed by atoms with Crippen LogP contribution in [0.2, 0.25) is 0 Å². The van der Waals surface area contributed by atoms with Gasteiger partial charge in [0.15, 0.2) is 0 Å². The minimum absolute atomic E-state index is 0. The topological polar surface area (TPSA) is 26.3 Å². The number of hydrogen-bond donors (Lipinski definition) is 0.